The van der Waals surface area contributed by atoms with Crippen molar-refractivity contribution in [3.63, 3.8) is 0 Å². The van der Waals surface area contributed by atoms with Crippen molar-refractivity contribution in [2.24, 2.45) is 0 Å². The minimum absolute atomic E-state index is 0. The summed E-state index contributed by atoms with van der Waals surface area (Å²) in [6, 6.07) is 0. The maximum absolute atomic E-state index is 10.3. The molecule has 0 saturated carbocycles. The summed E-state index contributed by atoms with van der Waals surface area (Å²) in [4.78, 5) is 19.3. The molecule has 0 fully saturated rings. The Morgan fingerprint density at radius 1 is 0.760 bits per heavy atom. The number of aliphatic carboxylic acids is 2. The summed E-state index contributed by atoms with van der Waals surface area (Å²) in [6.45, 7) is 3.34. The van der Waals surface area contributed by atoms with Gasteiger partial charge in [0.15, 0.2) is 0 Å². The Morgan fingerprint density at radius 3 is 1.52 bits per heavy atom. The van der Waals surface area contributed by atoms with E-state index >= 15 is 0 Å². The Bertz CT molecular complexity index is 319. The first-order chi connectivity index (χ1) is 11.5. The quantitative estimate of drug-likeness (QED) is 0.259. The maximum atomic E-state index is 10.3. The Kier molecular flexibility index (Phi) is 31.9. The van der Waals surface area contributed by atoms with Gasteiger partial charge < -0.3 is 11.6 Å². The summed E-state index contributed by atoms with van der Waals surface area (Å²) in [6.07, 6.45) is 21.2. The topological polar surface area (TPSA) is 74.6 Å². The number of allylic oxidation sites excluding steroid dienone is 2. The number of carboxylic acid groups (broad SMARTS) is 2. The molecular formula is C20H39KO4. The van der Waals surface area contributed by atoms with Gasteiger partial charge in [0.25, 0.3) is 5.97 Å². The SMILES string of the molecule is CC(=O)O.CCCCCCCC/C=C\CCCCCCCC(=O)O.[H-].[K+]. The van der Waals surface area contributed by atoms with E-state index < -0.39 is 11.9 Å². The van der Waals surface area contributed by atoms with Crippen LogP contribution in [0.25, 0.3) is 0 Å². The number of hydrogen-bond acceptors (Lipinski definition) is 2. The van der Waals surface area contributed by atoms with E-state index in [2.05, 4.69) is 19.1 Å². The number of carboxylic acids is 2. The fourth-order valence-corrected chi connectivity index (χ4v) is 2.35. The average molecular weight is 383 g/mol. The molecule has 0 unspecified atom stereocenters. The van der Waals surface area contributed by atoms with Crippen molar-refractivity contribution in [3.8, 4) is 0 Å². The van der Waals surface area contributed by atoms with Crippen molar-refractivity contribution in [1.82, 2.24) is 0 Å². The number of rotatable bonds is 15. The minimum Gasteiger partial charge on any atom is -1.00 e. The van der Waals surface area contributed by atoms with Gasteiger partial charge in [0.1, 0.15) is 0 Å². The fourth-order valence-electron chi connectivity index (χ4n) is 2.35. The van der Waals surface area contributed by atoms with E-state index in [1.807, 2.05) is 0 Å². The third-order valence-corrected chi connectivity index (χ3v) is 3.65. The standard InChI is InChI=1S/C18H34O2.C2H4O2.K.H/c1-2-3-4-5-6-7-8-9-10-11-12-13-14-15-16-17-18(19)20;1-2(3)4;;/h9-10H,2-8,11-17H2,1H3,(H,19,20);1H3,(H,3,4);;/q;;+1;-1/b10-9-;;;. The van der Waals surface area contributed by atoms with Crippen molar-refractivity contribution < 1.29 is 72.6 Å². The third-order valence-electron chi connectivity index (χ3n) is 3.65. The van der Waals surface area contributed by atoms with Crippen LogP contribution in [0.4, 0.5) is 0 Å². The molecule has 144 valence electrons. The predicted molar refractivity (Wildman–Crippen MR) is 102 cm³/mol. The van der Waals surface area contributed by atoms with Crippen LogP contribution in [0.15, 0.2) is 12.2 Å². The first-order valence-electron chi connectivity index (χ1n) is 9.57. The van der Waals surface area contributed by atoms with Gasteiger partial charge in [-0.3, -0.25) is 9.59 Å². The van der Waals surface area contributed by atoms with Crippen LogP contribution < -0.4 is 51.4 Å². The number of hydrogen-bond donors (Lipinski definition) is 2. The van der Waals surface area contributed by atoms with E-state index in [-0.39, 0.29) is 52.8 Å². The normalized spacial score (nSPS) is 10.0. The van der Waals surface area contributed by atoms with Crippen molar-refractivity contribution in [2.75, 3.05) is 0 Å². The van der Waals surface area contributed by atoms with Gasteiger partial charge in [0.05, 0.1) is 0 Å². The summed E-state index contributed by atoms with van der Waals surface area (Å²) in [5.41, 5.74) is 0. The van der Waals surface area contributed by atoms with Gasteiger partial charge in [0, 0.05) is 13.3 Å². The monoisotopic (exact) mass is 382 g/mol. The Labute approximate surface area is 198 Å². The second-order valence-electron chi connectivity index (χ2n) is 6.25. The zero-order chi connectivity index (χ0) is 18.5. The second kappa shape index (κ2) is 26.5. The molecule has 5 heteroatoms. The Morgan fingerprint density at radius 2 is 1.12 bits per heavy atom. The van der Waals surface area contributed by atoms with E-state index in [0.717, 1.165) is 19.8 Å². The van der Waals surface area contributed by atoms with Crippen LogP contribution in [0, 0.1) is 0 Å². The summed E-state index contributed by atoms with van der Waals surface area (Å²) in [5, 5.41) is 15.9. The molecule has 0 aliphatic rings. The molecule has 0 bridgehead atoms. The van der Waals surface area contributed by atoms with E-state index in [9.17, 15) is 4.79 Å². The molecule has 4 nitrogen and oxygen atoms in total. The zero-order valence-electron chi connectivity index (χ0n) is 17.8. The van der Waals surface area contributed by atoms with Crippen LogP contribution in [0.1, 0.15) is 105 Å². The average Bonchev–Trinajstić information content (AvgIpc) is 2.50. The van der Waals surface area contributed by atoms with E-state index in [1.165, 1.54) is 70.6 Å². The van der Waals surface area contributed by atoms with Crippen LogP contribution in [0.2, 0.25) is 0 Å². The maximum Gasteiger partial charge on any atom is 1.00 e. The second-order valence-corrected chi connectivity index (χ2v) is 6.25. The number of unbranched alkanes of at least 4 members (excludes halogenated alkanes) is 11. The van der Waals surface area contributed by atoms with Crippen molar-refractivity contribution >= 4 is 11.9 Å². The molecule has 0 aromatic heterocycles. The van der Waals surface area contributed by atoms with Crippen molar-refractivity contribution in [3.05, 3.63) is 12.2 Å². The van der Waals surface area contributed by atoms with Gasteiger partial charge in [-0.2, -0.15) is 0 Å². The summed E-state index contributed by atoms with van der Waals surface area (Å²) in [5.74, 6) is -1.50. The molecule has 0 heterocycles. The number of carbonyl (C=O) groups is 2. The van der Waals surface area contributed by atoms with Gasteiger partial charge in [-0.1, -0.05) is 70.4 Å². The van der Waals surface area contributed by atoms with Gasteiger partial charge in [-0.15, -0.1) is 0 Å². The third kappa shape index (κ3) is 40.4. The molecule has 25 heavy (non-hydrogen) atoms. The molecule has 0 atom stereocenters. The van der Waals surface area contributed by atoms with Gasteiger partial charge >= 0.3 is 57.4 Å². The molecule has 0 amide bonds. The molecule has 0 rings (SSSR count). The van der Waals surface area contributed by atoms with Crippen LogP contribution in [0.5, 0.6) is 0 Å². The van der Waals surface area contributed by atoms with E-state index in [4.69, 9.17) is 15.0 Å². The van der Waals surface area contributed by atoms with Crippen molar-refractivity contribution in [2.45, 2.75) is 104 Å². The molecule has 2 N–H and O–H groups in total. The molecule has 0 saturated heterocycles. The Hall–Kier alpha value is 0.316. The predicted octanol–water partition coefficient (Wildman–Crippen LogP) is 3.32. The summed E-state index contributed by atoms with van der Waals surface area (Å²) < 4.78 is 0. The van der Waals surface area contributed by atoms with Crippen LogP contribution >= 0.6 is 0 Å². The van der Waals surface area contributed by atoms with Gasteiger partial charge in [-0.05, 0) is 32.1 Å². The fraction of sp³-hybridized carbons (Fsp3) is 0.800. The van der Waals surface area contributed by atoms with Crippen molar-refractivity contribution in [1.29, 1.82) is 0 Å². The molecule has 0 aliphatic carbocycles. The van der Waals surface area contributed by atoms with Gasteiger partial charge in [-0.25, -0.2) is 0 Å². The molecule has 0 radical (unpaired) electrons. The van der Waals surface area contributed by atoms with Crippen LogP contribution in [0.3, 0.4) is 0 Å². The minimum atomic E-state index is -0.833. The largest absolute Gasteiger partial charge is 1.00 e. The summed E-state index contributed by atoms with van der Waals surface area (Å²) >= 11 is 0. The first-order valence-corrected chi connectivity index (χ1v) is 9.57. The smallest absolute Gasteiger partial charge is 1.00 e. The Balaban J connectivity index is -0.000000363. The van der Waals surface area contributed by atoms with E-state index in [0.29, 0.717) is 6.42 Å². The molecule has 0 aromatic carbocycles. The summed E-state index contributed by atoms with van der Waals surface area (Å²) in [7, 11) is 0. The molecular weight excluding hydrogens is 343 g/mol. The van der Waals surface area contributed by atoms with Gasteiger partial charge in [0.2, 0.25) is 0 Å². The first kappa shape index (κ1) is 30.1. The van der Waals surface area contributed by atoms with Crippen LogP contribution in [-0.2, 0) is 9.59 Å². The molecule has 0 aromatic rings. The van der Waals surface area contributed by atoms with Crippen LogP contribution in [-0.4, -0.2) is 22.2 Å². The molecule has 0 aliphatic heterocycles. The molecule has 0 spiro atoms. The van der Waals surface area contributed by atoms with E-state index in [1.54, 1.807) is 0 Å². The zero-order valence-corrected chi connectivity index (χ0v) is 19.9.